The van der Waals surface area contributed by atoms with Crippen molar-refractivity contribution in [3.63, 3.8) is 0 Å². The van der Waals surface area contributed by atoms with Gasteiger partial charge in [-0.2, -0.15) is 9.29 Å². The molecule has 0 radical (unpaired) electrons. The molecule has 0 N–H and O–H groups in total. The number of hydrogen-bond acceptors (Lipinski definition) is 5. The van der Waals surface area contributed by atoms with Crippen LogP contribution in [-0.2, 0) is 16.6 Å². The summed E-state index contributed by atoms with van der Waals surface area (Å²) in [5.41, 5.74) is 0.779. The molecule has 0 spiro atoms. The Kier molecular flexibility index (Phi) is 5.10. The van der Waals surface area contributed by atoms with Gasteiger partial charge in [-0.25, -0.2) is 8.42 Å². The van der Waals surface area contributed by atoms with Gasteiger partial charge in [-0.05, 0) is 18.2 Å². The molecule has 1 heterocycles. The van der Waals surface area contributed by atoms with Gasteiger partial charge < -0.3 is 4.52 Å². The Morgan fingerprint density at radius 1 is 1.12 bits per heavy atom. The molecule has 0 unspecified atom stereocenters. The third-order valence-electron chi connectivity index (χ3n) is 3.44. The molecule has 2 aromatic carbocycles. The molecular weight excluding hydrogens is 385 g/mol. The molecule has 0 saturated heterocycles. The zero-order valence-electron chi connectivity index (χ0n) is 13.1. The highest BCUT2D eigenvalue weighted by molar-refractivity contribution is 7.89. The zero-order valence-corrected chi connectivity index (χ0v) is 15.4. The van der Waals surface area contributed by atoms with Crippen LogP contribution in [0.15, 0.2) is 57.9 Å². The second kappa shape index (κ2) is 7.13. The van der Waals surface area contributed by atoms with E-state index in [-0.39, 0.29) is 27.4 Å². The van der Waals surface area contributed by atoms with Crippen molar-refractivity contribution in [3.8, 4) is 11.4 Å². The Bertz CT molecular complexity index is 991. The highest BCUT2D eigenvalue weighted by Crippen LogP contribution is 2.28. The molecule has 6 nitrogen and oxygen atoms in total. The fourth-order valence-corrected chi connectivity index (χ4v) is 4.00. The molecule has 0 saturated carbocycles. The van der Waals surface area contributed by atoms with E-state index in [1.165, 1.54) is 25.2 Å². The molecule has 130 valence electrons. The Balaban J connectivity index is 1.83. The van der Waals surface area contributed by atoms with E-state index in [1.54, 1.807) is 0 Å². The minimum absolute atomic E-state index is 0.0769. The van der Waals surface area contributed by atoms with Gasteiger partial charge >= 0.3 is 0 Å². The van der Waals surface area contributed by atoms with Gasteiger partial charge in [-0.3, -0.25) is 0 Å². The SMILES string of the molecule is CN(Cc1nc(-c2ccccc2)no1)S(=O)(=O)c1cc(Cl)ccc1Cl. The first-order valence-electron chi connectivity index (χ1n) is 7.17. The smallest absolute Gasteiger partial charge is 0.244 e. The lowest BCUT2D eigenvalue weighted by Crippen LogP contribution is -2.27. The molecule has 3 aromatic rings. The normalized spacial score (nSPS) is 11.8. The maximum absolute atomic E-state index is 12.7. The maximum atomic E-state index is 12.7. The molecule has 3 rings (SSSR count). The summed E-state index contributed by atoms with van der Waals surface area (Å²) in [6, 6.07) is 13.5. The van der Waals surface area contributed by atoms with Crippen LogP contribution in [0, 0.1) is 0 Å². The second-order valence-electron chi connectivity index (χ2n) is 5.21. The standard InChI is InChI=1S/C16H13Cl2N3O3S/c1-21(25(22,23)14-9-12(17)7-8-13(14)18)10-15-19-16(20-24-15)11-5-3-2-4-6-11/h2-9H,10H2,1H3. The zero-order chi connectivity index (χ0) is 18.0. The van der Waals surface area contributed by atoms with Crippen LogP contribution in [0.5, 0.6) is 0 Å². The summed E-state index contributed by atoms with van der Waals surface area (Å²) in [4.78, 5) is 4.15. The van der Waals surface area contributed by atoms with Gasteiger partial charge in [0.25, 0.3) is 0 Å². The number of aromatic nitrogens is 2. The van der Waals surface area contributed by atoms with Gasteiger partial charge in [0.2, 0.25) is 21.7 Å². The van der Waals surface area contributed by atoms with Crippen LogP contribution in [0.2, 0.25) is 10.0 Å². The molecule has 0 fully saturated rings. The Morgan fingerprint density at radius 3 is 2.56 bits per heavy atom. The van der Waals surface area contributed by atoms with Gasteiger partial charge in [-0.15, -0.1) is 0 Å². The third kappa shape index (κ3) is 3.85. The number of benzene rings is 2. The average molecular weight is 398 g/mol. The Labute approximate surface area is 155 Å². The van der Waals surface area contributed by atoms with Crippen LogP contribution < -0.4 is 0 Å². The van der Waals surface area contributed by atoms with Crippen molar-refractivity contribution in [2.45, 2.75) is 11.4 Å². The minimum Gasteiger partial charge on any atom is -0.338 e. The number of sulfonamides is 1. The molecule has 0 amide bonds. The number of halogens is 2. The predicted octanol–water partition coefficient (Wildman–Crippen LogP) is 3.86. The van der Waals surface area contributed by atoms with Crippen molar-refractivity contribution in [1.82, 2.24) is 14.4 Å². The minimum atomic E-state index is -3.86. The molecule has 0 bridgehead atoms. The van der Waals surface area contributed by atoms with E-state index in [0.29, 0.717) is 5.82 Å². The second-order valence-corrected chi connectivity index (χ2v) is 8.07. The van der Waals surface area contributed by atoms with E-state index in [9.17, 15) is 8.42 Å². The van der Waals surface area contributed by atoms with E-state index in [1.807, 2.05) is 30.3 Å². The third-order valence-corrected chi connectivity index (χ3v) is 5.96. The van der Waals surface area contributed by atoms with Crippen molar-refractivity contribution in [2.75, 3.05) is 7.05 Å². The van der Waals surface area contributed by atoms with Crippen LogP contribution in [0.4, 0.5) is 0 Å². The summed E-state index contributed by atoms with van der Waals surface area (Å²) in [6.45, 7) is -0.0923. The van der Waals surface area contributed by atoms with Crippen LogP contribution in [0.3, 0.4) is 0 Å². The number of rotatable bonds is 5. The van der Waals surface area contributed by atoms with Crippen molar-refractivity contribution in [1.29, 1.82) is 0 Å². The first kappa shape index (κ1) is 17.9. The summed E-state index contributed by atoms with van der Waals surface area (Å²) in [5.74, 6) is 0.560. The molecule has 0 atom stereocenters. The summed E-state index contributed by atoms with van der Waals surface area (Å²) < 4.78 is 31.6. The average Bonchev–Trinajstić information content (AvgIpc) is 3.06. The van der Waals surface area contributed by atoms with Crippen LogP contribution >= 0.6 is 23.2 Å². The maximum Gasteiger partial charge on any atom is 0.244 e. The monoisotopic (exact) mass is 397 g/mol. The Hall–Kier alpha value is -1.93. The van der Waals surface area contributed by atoms with Gasteiger partial charge in [0.15, 0.2) is 0 Å². The lowest BCUT2D eigenvalue weighted by molar-refractivity contribution is 0.337. The molecule has 0 aliphatic rings. The number of nitrogens with zero attached hydrogens (tertiary/aromatic N) is 3. The van der Waals surface area contributed by atoms with E-state index >= 15 is 0 Å². The van der Waals surface area contributed by atoms with Gasteiger partial charge in [-0.1, -0.05) is 58.7 Å². The van der Waals surface area contributed by atoms with Gasteiger partial charge in [0.1, 0.15) is 4.90 Å². The fourth-order valence-electron chi connectivity index (χ4n) is 2.14. The first-order valence-corrected chi connectivity index (χ1v) is 9.37. The summed E-state index contributed by atoms with van der Waals surface area (Å²) in [6.07, 6.45) is 0. The Morgan fingerprint density at radius 2 is 1.84 bits per heavy atom. The van der Waals surface area contributed by atoms with E-state index in [0.717, 1.165) is 9.87 Å². The predicted molar refractivity (Wildman–Crippen MR) is 94.8 cm³/mol. The van der Waals surface area contributed by atoms with Crippen molar-refractivity contribution < 1.29 is 12.9 Å². The van der Waals surface area contributed by atoms with Crippen LogP contribution in [0.25, 0.3) is 11.4 Å². The van der Waals surface area contributed by atoms with Crippen molar-refractivity contribution >= 4 is 33.2 Å². The summed E-state index contributed by atoms with van der Waals surface area (Å²) >= 11 is 11.9. The lowest BCUT2D eigenvalue weighted by Gasteiger charge is -2.16. The van der Waals surface area contributed by atoms with E-state index < -0.39 is 10.0 Å². The van der Waals surface area contributed by atoms with E-state index in [2.05, 4.69) is 10.1 Å². The summed E-state index contributed by atoms with van der Waals surface area (Å²) in [5, 5.41) is 4.24. The fraction of sp³-hybridized carbons (Fsp3) is 0.125. The molecular formula is C16H13Cl2N3O3S. The van der Waals surface area contributed by atoms with Gasteiger partial charge in [0, 0.05) is 17.6 Å². The molecule has 9 heteroatoms. The van der Waals surface area contributed by atoms with Crippen molar-refractivity contribution in [3.05, 3.63) is 64.5 Å². The molecule has 25 heavy (non-hydrogen) atoms. The summed E-state index contributed by atoms with van der Waals surface area (Å²) in [7, 11) is -2.45. The van der Waals surface area contributed by atoms with Crippen LogP contribution in [0.1, 0.15) is 5.89 Å². The van der Waals surface area contributed by atoms with Crippen molar-refractivity contribution in [2.24, 2.45) is 0 Å². The first-order chi connectivity index (χ1) is 11.9. The van der Waals surface area contributed by atoms with E-state index in [4.69, 9.17) is 27.7 Å². The number of hydrogen-bond donors (Lipinski definition) is 0. The molecule has 1 aromatic heterocycles. The lowest BCUT2D eigenvalue weighted by atomic mass is 10.2. The quantitative estimate of drug-likeness (QED) is 0.652. The molecule has 0 aliphatic heterocycles. The highest BCUT2D eigenvalue weighted by Gasteiger charge is 2.26. The topological polar surface area (TPSA) is 76.3 Å². The van der Waals surface area contributed by atoms with Crippen LogP contribution in [-0.4, -0.2) is 29.9 Å². The largest absolute Gasteiger partial charge is 0.338 e. The highest BCUT2D eigenvalue weighted by atomic mass is 35.5. The molecule has 0 aliphatic carbocycles. The van der Waals surface area contributed by atoms with Gasteiger partial charge in [0.05, 0.1) is 11.6 Å².